The van der Waals surface area contributed by atoms with Crippen molar-refractivity contribution in [1.29, 1.82) is 0 Å². The molecule has 0 saturated carbocycles. The molecule has 1 heterocycles. The zero-order valence-electron chi connectivity index (χ0n) is 8.75. The molecule has 0 aromatic carbocycles. The van der Waals surface area contributed by atoms with Crippen LogP contribution in [0.1, 0.15) is 18.2 Å². The van der Waals surface area contributed by atoms with Gasteiger partial charge in [0.05, 0.1) is 5.69 Å². The average Bonchev–Trinajstić information content (AvgIpc) is 2.14. The molecule has 1 aromatic heterocycles. The van der Waals surface area contributed by atoms with Gasteiger partial charge in [-0.3, -0.25) is 4.98 Å². The van der Waals surface area contributed by atoms with Crippen LogP contribution in [0.5, 0.6) is 0 Å². The molecule has 0 aliphatic heterocycles. The number of aryl methyl sites for hydroxylation is 1. The summed E-state index contributed by atoms with van der Waals surface area (Å²) in [5.74, 6) is 0.244. The first-order valence-electron chi connectivity index (χ1n) is 4.35. The summed E-state index contributed by atoms with van der Waals surface area (Å²) in [6, 6.07) is 3.35. The summed E-state index contributed by atoms with van der Waals surface area (Å²) in [4.78, 5) is 3.88. The van der Waals surface area contributed by atoms with E-state index in [0.717, 1.165) is 18.1 Å². The second kappa shape index (κ2) is 6.86. The van der Waals surface area contributed by atoms with Gasteiger partial charge in [0.25, 0.3) is 0 Å². The molecule has 1 rings (SSSR count). The predicted octanol–water partition coefficient (Wildman–Crippen LogP) is 0.0478. The van der Waals surface area contributed by atoms with Gasteiger partial charge in [0.15, 0.2) is 0 Å². The zero-order valence-corrected chi connectivity index (χ0v) is 11.9. The van der Waals surface area contributed by atoms with Crippen molar-refractivity contribution in [2.24, 2.45) is 0 Å². The first-order chi connectivity index (χ1) is 6.51. The SMILES string of the molecule is CCc1ccc(/C=C/[B-](F)(F)F)nc1.[K+]. The van der Waals surface area contributed by atoms with Crippen molar-refractivity contribution in [3.63, 3.8) is 0 Å². The third-order valence-electron chi connectivity index (χ3n) is 1.74. The minimum Gasteiger partial charge on any atom is -0.445 e. The van der Waals surface area contributed by atoms with Crippen LogP contribution in [0.3, 0.4) is 0 Å². The molecule has 6 heteroatoms. The van der Waals surface area contributed by atoms with Crippen molar-refractivity contribution in [1.82, 2.24) is 4.98 Å². The average molecular weight is 239 g/mol. The van der Waals surface area contributed by atoms with Crippen LogP contribution in [0, 0.1) is 0 Å². The predicted molar refractivity (Wildman–Crippen MR) is 51.7 cm³/mol. The van der Waals surface area contributed by atoms with E-state index < -0.39 is 6.98 Å². The molecule has 0 aliphatic carbocycles. The molecule has 0 radical (unpaired) electrons. The Morgan fingerprint density at radius 2 is 2.00 bits per heavy atom. The van der Waals surface area contributed by atoms with Gasteiger partial charge in [-0.1, -0.05) is 19.1 Å². The third kappa shape index (κ3) is 6.52. The van der Waals surface area contributed by atoms with Crippen LogP contribution in [0.4, 0.5) is 12.9 Å². The van der Waals surface area contributed by atoms with E-state index in [1.807, 2.05) is 6.92 Å². The van der Waals surface area contributed by atoms with Gasteiger partial charge in [0, 0.05) is 6.20 Å². The van der Waals surface area contributed by atoms with Gasteiger partial charge in [-0.25, -0.2) is 0 Å². The van der Waals surface area contributed by atoms with Crippen LogP contribution in [0.25, 0.3) is 6.08 Å². The van der Waals surface area contributed by atoms with Crippen molar-refractivity contribution < 1.29 is 64.3 Å². The van der Waals surface area contributed by atoms with Gasteiger partial charge in [-0.05, 0) is 18.1 Å². The standard InChI is InChI=1S/C9H10BF3N.K/c1-2-8-3-4-9(14-7-8)5-6-10(11,12)13;/h3-7H,2H2,1H3;/q-1;+1/b6-5+;. The van der Waals surface area contributed by atoms with E-state index in [2.05, 4.69) is 4.98 Å². The number of pyridine rings is 1. The molecule has 1 nitrogen and oxygen atoms in total. The van der Waals surface area contributed by atoms with E-state index in [9.17, 15) is 12.9 Å². The fourth-order valence-corrected chi connectivity index (χ4v) is 0.951. The summed E-state index contributed by atoms with van der Waals surface area (Å²) >= 11 is 0. The Morgan fingerprint density at radius 3 is 2.40 bits per heavy atom. The van der Waals surface area contributed by atoms with Gasteiger partial charge in [0.1, 0.15) is 0 Å². The number of nitrogens with zero attached hydrogens (tertiary/aromatic N) is 1. The largest absolute Gasteiger partial charge is 1.00 e. The monoisotopic (exact) mass is 239 g/mol. The number of hydrogen-bond donors (Lipinski definition) is 0. The van der Waals surface area contributed by atoms with Gasteiger partial charge in [-0.2, -0.15) is 0 Å². The summed E-state index contributed by atoms with van der Waals surface area (Å²) < 4.78 is 35.5. The molecule has 0 unspecified atom stereocenters. The quantitative estimate of drug-likeness (QED) is 0.679. The van der Waals surface area contributed by atoms with Crippen molar-refractivity contribution >= 4 is 13.1 Å². The number of aromatic nitrogens is 1. The maximum atomic E-state index is 11.8. The van der Waals surface area contributed by atoms with Crippen LogP contribution in [0.2, 0.25) is 0 Å². The van der Waals surface area contributed by atoms with Gasteiger partial charge >= 0.3 is 58.4 Å². The molecule has 76 valence electrons. The van der Waals surface area contributed by atoms with E-state index in [1.165, 1.54) is 0 Å². The minimum absolute atomic E-state index is 0. The topological polar surface area (TPSA) is 12.9 Å². The summed E-state index contributed by atoms with van der Waals surface area (Å²) in [5, 5.41) is 0. The number of halogens is 3. The van der Waals surface area contributed by atoms with Crippen LogP contribution < -0.4 is 51.4 Å². The second-order valence-corrected chi connectivity index (χ2v) is 2.93. The molecule has 15 heavy (non-hydrogen) atoms. The minimum atomic E-state index is -4.86. The van der Waals surface area contributed by atoms with E-state index in [4.69, 9.17) is 0 Å². The van der Waals surface area contributed by atoms with Gasteiger partial charge in [0.2, 0.25) is 0 Å². The fraction of sp³-hybridized carbons (Fsp3) is 0.222. The summed E-state index contributed by atoms with van der Waals surface area (Å²) in [7, 11) is 0. The van der Waals surface area contributed by atoms with E-state index in [-0.39, 0.29) is 57.4 Å². The molecular formula is C9H10BF3KN. The molecular weight excluding hydrogens is 229 g/mol. The molecule has 0 saturated heterocycles. The van der Waals surface area contributed by atoms with Crippen LogP contribution in [0.15, 0.2) is 24.3 Å². The molecule has 0 fully saturated rings. The first-order valence-corrected chi connectivity index (χ1v) is 4.35. The molecule has 0 N–H and O–H groups in total. The van der Waals surface area contributed by atoms with Crippen LogP contribution >= 0.6 is 0 Å². The Balaban J connectivity index is 0.00000196. The first kappa shape index (κ1) is 15.4. The van der Waals surface area contributed by atoms with Gasteiger partial charge < -0.3 is 12.9 Å². The molecule has 0 amide bonds. The van der Waals surface area contributed by atoms with E-state index in [1.54, 1.807) is 18.3 Å². The normalized spacial score (nSPS) is 11.5. The Bertz CT molecular complexity index is 321. The van der Waals surface area contributed by atoms with Crippen molar-refractivity contribution in [3.05, 3.63) is 35.6 Å². The summed E-state index contributed by atoms with van der Waals surface area (Å²) in [6.07, 6.45) is 3.41. The fourth-order valence-electron chi connectivity index (χ4n) is 0.951. The van der Waals surface area contributed by atoms with Gasteiger partial charge in [-0.15, -0.1) is 5.98 Å². The van der Waals surface area contributed by atoms with Crippen LogP contribution in [-0.2, 0) is 6.42 Å². The summed E-state index contributed by atoms with van der Waals surface area (Å²) in [6.45, 7) is -2.90. The smallest absolute Gasteiger partial charge is 0.445 e. The Morgan fingerprint density at radius 1 is 1.33 bits per heavy atom. The molecule has 0 aliphatic rings. The number of rotatable bonds is 3. The molecule has 0 spiro atoms. The molecule has 0 atom stereocenters. The second-order valence-electron chi connectivity index (χ2n) is 2.93. The van der Waals surface area contributed by atoms with Crippen molar-refractivity contribution in [2.75, 3.05) is 0 Å². The maximum Gasteiger partial charge on any atom is 1.00 e. The number of hydrogen-bond acceptors (Lipinski definition) is 1. The zero-order chi connectivity index (χ0) is 10.6. The Labute approximate surface area is 130 Å². The Hall–Kier alpha value is 0.381. The summed E-state index contributed by atoms with van der Waals surface area (Å²) in [5.41, 5.74) is 1.35. The maximum absolute atomic E-state index is 11.8. The van der Waals surface area contributed by atoms with Crippen molar-refractivity contribution in [2.45, 2.75) is 13.3 Å². The molecule has 1 aromatic rings. The van der Waals surface area contributed by atoms with Crippen molar-refractivity contribution in [3.8, 4) is 0 Å². The Kier molecular flexibility index (Phi) is 7.03. The van der Waals surface area contributed by atoms with Crippen LogP contribution in [-0.4, -0.2) is 12.0 Å². The third-order valence-corrected chi connectivity index (χ3v) is 1.74. The van der Waals surface area contributed by atoms with E-state index in [0.29, 0.717) is 5.69 Å². The molecule has 0 bridgehead atoms. The van der Waals surface area contributed by atoms with E-state index >= 15 is 0 Å².